The maximum atomic E-state index is 10.9. The number of hydrogen-bond donors (Lipinski definition) is 2. The Kier molecular flexibility index (Phi) is 6.41. The SMILES string of the molecule is CCNc1cc([N+](=O)[O-])cc(NC(CC)CSC)n1. The van der Waals surface area contributed by atoms with E-state index in [4.69, 9.17) is 0 Å². The van der Waals surface area contributed by atoms with E-state index in [2.05, 4.69) is 22.5 Å². The van der Waals surface area contributed by atoms with Crippen LogP contribution in [0.2, 0.25) is 0 Å². The van der Waals surface area contributed by atoms with Crippen molar-refractivity contribution in [3.63, 3.8) is 0 Å². The van der Waals surface area contributed by atoms with Gasteiger partial charge in [-0.2, -0.15) is 11.8 Å². The summed E-state index contributed by atoms with van der Waals surface area (Å²) in [6.07, 6.45) is 2.98. The van der Waals surface area contributed by atoms with Gasteiger partial charge in [-0.1, -0.05) is 6.92 Å². The lowest BCUT2D eigenvalue weighted by Gasteiger charge is -2.16. The van der Waals surface area contributed by atoms with E-state index in [1.807, 2.05) is 13.2 Å². The normalized spacial score (nSPS) is 11.9. The van der Waals surface area contributed by atoms with Gasteiger partial charge < -0.3 is 10.6 Å². The van der Waals surface area contributed by atoms with Crippen molar-refractivity contribution in [2.45, 2.75) is 26.3 Å². The highest BCUT2D eigenvalue weighted by Crippen LogP contribution is 2.21. The molecule has 0 saturated carbocycles. The number of pyridine rings is 1. The molecule has 106 valence electrons. The van der Waals surface area contributed by atoms with Gasteiger partial charge in [-0.25, -0.2) is 4.98 Å². The Hall–Kier alpha value is -1.50. The summed E-state index contributed by atoms with van der Waals surface area (Å²) in [4.78, 5) is 14.8. The predicted molar refractivity (Wildman–Crippen MR) is 81.1 cm³/mol. The van der Waals surface area contributed by atoms with Gasteiger partial charge in [0, 0.05) is 18.3 Å². The number of nitro groups is 1. The number of rotatable bonds is 8. The standard InChI is InChI=1S/C12H20N4O2S/c1-4-9(8-19-3)14-12-7-10(16(17)18)6-11(15-12)13-5-2/h6-7,9H,4-5,8H2,1-3H3,(H2,13,14,15). The molecule has 0 saturated heterocycles. The Bertz CT molecular complexity index is 428. The lowest BCUT2D eigenvalue weighted by molar-refractivity contribution is -0.384. The Morgan fingerprint density at radius 1 is 1.42 bits per heavy atom. The minimum absolute atomic E-state index is 0.0486. The summed E-state index contributed by atoms with van der Waals surface area (Å²) in [7, 11) is 0. The first-order chi connectivity index (χ1) is 9.10. The third kappa shape index (κ3) is 4.94. The van der Waals surface area contributed by atoms with Crippen LogP contribution in [0.1, 0.15) is 20.3 Å². The first kappa shape index (κ1) is 15.6. The zero-order valence-corrected chi connectivity index (χ0v) is 12.3. The van der Waals surface area contributed by atoms with Gasteiger partial charge in [-0.15, -0.1) is 0 Å². The lowest BCUT2D eigenvalue weighted by atomic mass is 10.2. The van der Waals surface area contributed by atoms with Crippen molar-refractivity contribution < 1.29 is 4.92 Å². The van der Waals surface area contributed by atoms with Crippen LogP contribution in [-0.4, -0.2) is 34.5 Å². The predicted octanol–water partition coefficient (Wildman–Crippen LogP) is 2.98. The van der Waals surface area contributed by atoms with Crippen LogP contribution in [0, 0.1) is 10.1 Å². The topological polar surface area (TPSA) is 80.1 Å². The third-order valence-electron chi connectivity index (χ3n) is 2.59. The number of nitrogens with zero attached hydrogens (tertiary/aromatic N) is 2. The van der Waals surface area contributed by atoms with Crippen LogP contribution >= 0.6 is 11.8 Å². The Morgan fingerprint density at radius 3 is 2.63 bits per heavy atom. The highest BCUT2D eigenvalue weighted by Gasteiger charge is 2.13. The molecule has 0 aliphatic carbocycles. The molecule has 0 aromatic carbocycles. The van der Waals surface area contributed by atoms with Crippen molar-refractivity contribution in [1.29, 1.82) is 0 Å². The first-order valence-corrected chi connectivity index (χ1v) is 7.65. The second kappa shape index (κ2) is 7.83. The van der Waals surface area contributed by atoms with E-state index in [1.54, 1.807) is 11.8 Å². The molecule has 0 bridgehead atoms. The number of aromatic nitrogens is 1. The largest absolute Gasteiger partial charge is 0.370 e. The van der Waals surface area contributed by atoms with Crippen molar-refractivity contribution >= 4 is 29.1 Å². The molecule has 0 fully saturated rings. The Balaban J connectivity index is 2.94. The fraction of sp³-hybridized carbons (Fsp3) is 0.583. The van der Waals surface area contributed by atoms with Gasteiger partial charge in [0.05, 0.1) is 17.1 Å². The van der Waals surface area contributed by atoms with Crippen molar-refractivity contribution in [2.75, 3.05) is 29.2 Å². The van der Waals surface area contributed by atoms with Gasteiger partial charge in [0.2, 0.25) is 0 Å². The number of thioether (sulfide) groups is 1. The summed E-state index contributed by atoms with van der Waals surface area (Å²) in [5, 5.41) is 17.2. The molecule has 1 aromatic rings. The highest BCUT2D eigenvalue weighted by molar-refractivity contribution is 7.98. The fourth-order valence-electron chi connectivity index (χ4n) is 1.64. The summed E-state index contributed by atoms with van der Waals surface area (Å²) in [5.41, 5.74) is 0.0486. The molecule has 0 aliphatic rings. The average Bonchev–Trinajstić information content (AvgIpc) is 2.38. The number of nitrogens with one attached hydrogen (secondary N) is 2. The van der Waals surface area contributed by atoms with Crippen molar-refractivity contribution in [1.82, 2.24) is 4.98 Å². The van der Waals surface area contributed by atoms with E-state index < -0.39 is 4.92 Å². The van der Waals surface area contributed by atoms with E-state index in [-0.39, 0.29) is 11.7 Å². The molecular weight excluding hydrogens is 264 g/mol. The Morgan fingerprint density at radius 2 is 2.11 bits per heavy atom. The van der Waals surface area contributed by atoms with Crippen molar-refractivity contribution in [3.05, 3.63) is 22.2 Å². The minimum Gasteiger partial charge on any atom is -0.370 e. The quantitative estimate of drug-likeness (QED) is 0.564. The highest BCUT2D eigenvalue weighted by atomic mass is 32.2. The van der Waals surface area contributed by atoms with Crippen LogP contribution in [0.15, 0.2) is 12.1 Å². The summed E-state index contributed by atoms with van der Waals surface area (Å²) in [5.74, 6) is 2.02. The summed E-state index contributed by atoms with van der Waals surface area (Å²) in [6.45, 7) is 4.68. The van der Waals surface area contributed by atoms with Crippen LogP contribution in [0.5, 0.6) is 0 Å². The van der Waals surface area contributed by atoms with Gasteiger partial charge in [0.25, 0.3) is 5.69 Å². The molecule has 7 heteroatoms. The molecule has 1 aromatic heterocycles. The zero-order chi connectivity index (χ0) is 14.3. The van der Waals surface area contributed by atoms with E-state index in [0.29, 0.717) is 18.2 Å². The van der Waals surface area contributed by atoms with Crippen LogP contribution < -0.4 is 10.6 Å². The molecule has 19 heavy (non-hydrogen) atoms. The molecule has 0 spiro atoms. The number of hydrogen-bond acceptors (Lipinski definition) is 6. The van der Waals surface area contributed by atoms with E-state index >= 15 is 0 Å². The maximum absolute atomic E-state index is 10.9. The van der Waals surface area contributed by atoms with Gasteiger partial charge in [0.1, 0.15) is 11.6 Å². The second-order valence-electron chi connectivity index (χ2n) is 4.09. The van der Waals surface area contributed by atoms with Crippen molar-refractivity contribution in [3.8, 4) is 0 Å². The molecule has 6 nitrogen and oxygen atoms in total. The summed E-state index contributed by atoms with van der Waals surface area (Å²) in [6, 6.07) is 3.19. The Labute approximate surface area is 117 Å². The molecule has 0 radical (unpaired) electrons. The van der Waals surface area contributed by atoms with E-state index in [0.717, 1.165) is 12.2 Å². The van der Waals surface area contributed by atoms with Crippen LogP contribution in [0.3, 0.4) is 0 Å². The molecule has 1 heterocycles. The average molecular weight is 284 g/mol. The van der Waals surface area contributed by atoms with Crippen molar-refractivity contribution in [2.24, 2.45) is 0 Å². The second-order valence-corrected chi connectivity index (χ2v) is 5.00. The molecule has 2 N–H and O–H groups in total. The van der Waals surface area contributed by atoms with Gasteiger partial charge in [0.15, 0.2) is 0 Å². The van der Waals surface area contributed by atoms with Gasteiger partial charge in [-0.05, 0) is 19.6 Å². The summed E-state index contributed by atoms with van der Waals surface area (Å²) >= 11 is 1.74. The van der Waals surface area contributed by atoms with Gasteiger partial charge >= 0.3 is 0 Å². The third-order valence-corrected chi connectivity index (χ3v) is 3.33. The molecule has 1 unspecified atom stereocenters. The molecule has 1 atom stereocenters. The van der Waals surface area contributed by atoms with Crippen LogP contribution in [0.4, 0.5) is 17.3 Å². The first-order valence-electron chi connectivity index (χ1n) is 6.26. The zero-order valence-electron chi connectivity index (χ0n) is 11.5. The van der Waals surface area contributed by atoms with Crippen LogP contribution in [-0.2, 0) is 0 Å². The van der Waals surface area contributed by atoms with Gasteiger partial charge in [-0.3, -0.25) is 10.1 Å². The molecule has 0 amide bonds. The maximum Gasteiger partial charge on any atom is 0.276 e. The molecular formula is C12H20N4O2S. The van der Waals surface area contributed by atoms with E-state index in [9.17, 15) is 10.1 Å². The monoisotopic (exact) mass is 284 g/mol. The molecule has 1 rings (SSSR count). The van der Waals surface area contributed by atoms with E-state index in [1.165, 1.54) is 12.1 Å². The minimum atomic E-state index is -0.400. The smallest absolute Gasteiger partial charge is 0.276 e. The molecule has 0 aliphatic heterocycles. The fourth-order valence-corrected chi connectivity index (χ4v) is 2.36. The number of anilines is 2. The lowest BCUT2D eigenvalue weighted by Crippen LogP contribution is -2.22. The van der Waals surface area contributed by atoms with Crippen LogP contribution in [0.25, 0.3) is 0 Å². The summed E-state index contributed by atoms with van der Waals surface area (Å²) < 4.78 is 0.